The van der Waals surface area contributed by atoms with Crippen LogP contribution >= 0.6 is 22.6 Å². The number of ether oxygens (including phenoxy) is 1. The van der Waals surface area contributed by atoms with Gasteiger partial charge in [0, 0.05) is 18.5 Å². The summed E-state index contributed by atoms with van der Waals surface area (Å²) >= 11 is 2.34. The molecule has 4 nitrogen and oxygen atoms in total. The SMILES string of the molecule is CNc1nc(-c2ccc(OC)cc2)nc(C2CC2)c1I. The number of benzene rings is 1. The Balaban J connectivity index is 2.05. The Kier molecular flexibility index (Phi) is 3.78. The molecular formula is C15H16IN3O. The summed E-state index contributed by atoms with van der Waals surface area (Å²) in [6.45, 7) is 0. The fourth-order valence-electron chi connectivity index (χ4n) is 2.13. The molecule has 5 heteroatoms. The zero-order valence-corrected chi connectivity index (χ0v) is 13.6. The van der Waals surface area contributed by atoms with Gasteiger partial charge < -0.3 is 10.1 Å². The van der Waals surface area contributed by atoms with Crippen LogP contribution in [0.1, 0.15) is 24.5 Å². The van der Waals surface area contributed by atoms with Gasteiger partial charge in [-0.2, -0.15) is 0 Å². The molecule has 0 amide bonds. The summed E-state index contributed by atoms with van der Waals surface area (Å²) in [5, 5.41) is 3.17. The zero-order chi connectivity index (χ0) is 14.1. The number of rotatable bonds is 4. The second-order valence-corrected chi connectivity index (χ2v) is 5.93. The van der Waals surface area contributed by atoms with Crippen molar-refractivity contribution in [3.05, 3.63) is 33.5 Å². The number of nitrogens with one attached hydrogen (secondary N) is 1. The molecule has 104 valence electrons. The van der Waals surface area contributed by atoms with Gasteiger partial charge in [0.2, 0.25) is 0 Å². The van der Waals surface area contributed by atoms with Crippen molar-refractivity contribution in [3.63, 3.8) is 0 Å². The van der Waals surface area contributed by atoms with E-state index in [1.165, 1.54) is 18.5 Å². The molecule has 20 heavy (non-hydrogen) atoms. The zero-order valence-electron chi connectivity index (χ0n) is 11.5. The maximum Gasteiger partial charge on any atom is 0.161 e. The van der Waals surface area contributed by atoms with E-state index in [9.17, 15) is 0 Å². The Morgan fingerprint density at radius 1 is 1.20 bits per heavy atom. The molecule has 1 aromatic heterocycles. The van der Waals surface area contributed by atoms with E-state index in [-0.39, 0.29) is 0 Å². The Morgan fingerprint density at radius 3 is 2.45 bits per heavy atom. The van der Waals surface area contributed by atoms with Crippen LogP contribution in [0.4, 0.5) is 5.82 Å². The number of halogens is 1. The molecule has 0 radical (unpaired) electrons. The van der Waals surface area contributed by atoms with Gasteiger partial charge in [-0.25, -0.2) is 9.97 Å². The summed E-state index contributed by atoms with van der Waals surface area (Å²) in [5.41, 5.74) is 2.19. The third-order valence-corrected chi connectivity index (χ3v) is 4.49. The standard InChI is InChI=1S/C15H16IN3O/c1-17-15-12(16)13(9-3-4-9)18-14(19-15)10-5-7-11(20-2)8-6-10/h5-9H,3-4H2,1-2H3,(H,17,18,19). The van der Waals surface area contributed by atoms with Gasteiger partial charge in [-0.05, 0) is 59.7 Å². The van der Waals surface area contributed by atoms with E-state index in [1.54, 1.807) is 7.11 Å². The maximum absolute atomic E-state index is 5.19. The molecule has 1 aromatic carbocycles. The molecule has 1 N–H and O–H groups in total. The number of anilines is 1. The van der Waals surface area contributed by atoms with Crippen LogP contribution in [-0.4, -0.2) is 24.1 Å². The van der Waals surface area contributed by atoms with Gasteiger partial charge in [-0.3, -0.25) is 0 Å². The van der Waals surface area contributed by atoms with Crippen LogP contribution in [0.25, 0.3) is 11.4 Å². The highest BCUT2D eigenvalue weighted by atomic mass is 127. The van der Waals surface area contributed by atoms with E-state index in [4.69, 9.17) is 9.72 Å². The van der Waals surface area contributed by atoms with Crippen LogP contribution < -0.4 is 10.1 Å². The minimum absolute atomic E-state index is 0.606. The van der Waals surface area contributed by atoms with E-state index in [0.717, 1.165) is 26.5 Å². The highest BCUT2D eigenvalue weighted by molar-refractivity contribution is 14.1. The molecule has 0 saturated heterocycles. The van der Waals surface area contributed by atoms with Crippen molar-refractivity contribution in [2.24, 2.45) is 0 Å². The van der Waals surface area contributed by atoms with Crippen LogP contribution in [0.15, 0.2) is 24.3 Å². The lowest BCUT2D eigenvalue weighted by molar-refractivity contribution is 0.415. The molecular weight excluding hydrogens is 365 g/mol. The van der Waals surface area contributed by atoms with E-state index < -0.39 is 0 Å². The normalized spacial score (nSPS) is 14.2. The quantitative estimate of drug-likeness (QED) is 0.821. The van der Waals surface area contributed by atoms with Crippen molar-refractivity contribution in [1.82, 2.24) is 9.97 Å². The first kappa shape index (κ1) is 13.6. The second kappa shape index (κ2) is 5.55. The van der Waals surface area contributed by atoms with Crippen LogP contribution in [-0.2, 0) is 0 Å². The van der Waals surface area contributed by atoms with Gasteiger partial charge in [-0.1, -0.05) is 0 Å². The number of hydrogen-bond donors (Lipinski definition) is 1. The summed E-state index contributed by atoms with van der Waals surface area (Å²) < 4.78 is 6.33. The first-order chi connectivity index (χ1) is 9.72. The molecule has 0 spiro atoms. The van der Waals surface area contributed by atoms with Gasteiger partial charge in [0.05, 0.1) is 16.4 Å². The van der Waals surface area contributed by atoms with Crippen LogP contribution in [0.2, 0.25) is 0 Å². The van der Waals surface area contributed by atoms with Crippen LogP contribution in [0.3, 0.4) is 0 Å². The predicted molar refractivity (Wildman–Crippen MR) is 88.3 cm³/mol. The smallest absolute Gasteiger partial charge is 0.161 e. The minimum Gasteiger partial charge on any atom is -0.497 e. The van der Waals surface area contributed by atoms with Crippen LogP contribution in [0.5, 0.6) is 5.75 Å². The maximum atomic E-state index is 5.19. The molecule has 0 unspecified atom stereocenters. The average molecular weight is 381 g/mol. The van der Waals surface area contributed by atoms with E-state index in [1.807, 2.05) is 31.3 Å². The van der Waals surface area contributed by atoms with Gasteiger partial charge in [0.15, 0.2) is 5.82 Å². The summed E-state index contributed by atoms with van der Waals surface area (Å²) in [6, 6.07) is 7.87. The molecule has 1 aliphatic rings. The lowest BCUT2D eigenvalue weighted by Gasteiger charge is -2.11. The Labute approximate surface area is 132 Å². The molecule has 1 aliphatic carbocycles. The first-order valence-corrected chi connectivity index (χ1v) is 7.70. The number of methoxy groups -OCH3 is 1. The molecule has 1 heterocycles. The summed E-state index contributed by atoms with van der Waals surface area (Å²) in [5.74, 6) is 3.14. The van der Waals surface area contributed by atoms with Crippen molar-refractivity contribution in [2.75, 3.05) is 19.5 Å². The van der Waals surface area contributed by atoms with Gasteiger partial charge in [0.25, 0.3) is 0 Å². The van der Waals surface area contributed by atoms with Crippen molar-refractivity contribution >= 4 is 28.4 Å². The highest BCUT2D eigenvalue weighted by Crippen LogP contribution is 2.42. The third-order valence-electron chi connectivity index (χ3n) is 3.43. The number of aromatic nitrogens is 2. The third kappa shape index (κ3) is 2.59. The van der Waals surface area contributed by atoms with Crippen molar-refractivity contribution < 1.29 is 4.74 Å². The molecule has 3 rings (SSSR count). The van der Waals surface area contributed by atoms with Gasteiger partial charge in [-0.15, -0.1) is 0 Å². The van der Waals surface area contributed by atoms with Crippen molar-refractivity contribution in [3.8, 4) is 17.1 Å². The molecule has 0 bridgehead atoms. The van der Waals surface area contributed by atoms with E-state index in [0.29, 0.717) is 5.92 Å². The van der Waals surface area contributed by atoms with Gasteiger partial charge >= 0.3 is 0 Å². The monoisotopic (exact) mass is 381 g/mol. The topological polar surface area (TPSA) is 47.0 Å². The van der Waals surface area contributed by atoms with E-state index >= 15 is 0 Å². The van der Waals surface area contributed by atoms with Crippen molar-refractivity contribution in [1.29, 1.82) is 0 Å². The van der Waals surface area contributed by atoms with E-state index in [2.05, 4.69) is 32.9 Å². The first-order valence-electron chi connectivity index (χ1n) is 6.62. The summed E-state index contributed by atoms with van der Waals surface area (Å²) in [6.07, 6.45) is 2.47. The molecule has 0 atom stereocenters. The fourth-order valence-corrected chi connectivity index (χ4v) is 3.08. The predicted octanol–water partition coefficient (Wildman–Crippen LogP) is 3.68. The fraction of sp³-hybridized carbons (Fsp3) is 0.333. The molecule has 1 saturated carbocycles. The minimum atomic E-state index is 0.606. The number of nitrogens with zero attached hydrogens (tertiary/aromatic N) is 2. The lowest BCUT2D eigenvalue weighted by Crippen LogP contribution is -2.04. The van der Waals surface area contributed by atoms with Crippen molar-refractivity contribution in [2.45, 2.75) is 18.8 Å². The Bertz CT molecular complexity index is 624. The lowest BCUT2D eigenvalue weighted by atomic mass is 10.2. The Morgan fingerprint density at radius 2 is 1.90 bits per heavy atom. The Hall–Kier alpha value is -1.37. The number of hydrogen-bond acceptors (Lipinski definition) is 4. The average Bonchev–Trinajstić information content (AvgIpc) is 3.32. The molecule has 1 fully saturated rings. The summed E-state index contributed by atoms with van der Waals surface area (Å²) in [7, 11) is 3.57. The second-order valence-electron chi connectivity index (χ2n) is 4.85. The van der Waals surface area contributed by atoms with Crippen LogP contribution in [0, 0.1) is 3.57 Å². The highest BCUT2D eigenvalue weighted by Gasteiger charge is 2.29. The summed E-state index contributed by atoms with van der Waals surface area (Å²) in [4.78, 5) is 9.39. The van der Waals surface area contributed by atoms with Gasteiger partial charge in [0.1, 0.15) is 11.6 Å². The molecule has 2 aromatic rings. The molecule has 0 aliphatic heterocycles. The largest absolute Gasteiger partial charge is 0.497 e.